The second-order valence-electron chi connectivity index (χ2n) is 9.15. The van der Waals surface area contributed by atoms with Crippen LogP contribution in [0.25, 0.3) is 0 Å². The highest BCUT2D eigenvalue weighted by Crippen LogP contribution is 2.37. The highest BCUT2D eigenvalue weighted by atomic mass is 35.5. The highest BCUT2D eigenvalue weighted by Gasteiger charge is 2.42. The monoisotopic (exact) mass is 422 g/mol. The topological polar surface area (TPSA) is 80.6 Å². The SMILES string of the molecule is Cc1oc2c(c1C(=O)N[C@H]1C[C@H]3CNC[C@H]3C[C@@H]1OCC1CC1)C(=O)CCC2.Cl. The molecule has 2 heterocycles. The third-order valence-electron chi connectivity index (χ3n) is 7.05. The van der Waals surface area contributed by atoms with Crippen molar-refractivity contribution in [2.24, 2.45) is 17.8 Å². The Bertz CT molecular complexity index is 788. The molecule has 1 aliphatic heterocycles. The fourth-order valence-corrected chi connectivity index (χ4v) is 5.28. The smallest absolute Gasteiger partial charge is 0.255 e. The average Bonchev–Trinajstić information content (AvgIpc) is 3.27. The lowest BCUT2D eigenvalue weighted by Crippen LogP contribution is -2.50. The van der Waals surface area contributed by atoms with E-state index in [0.29, 0.717) is 46.8 Å². The van der Waals surface area contributed by atoms with Crippen molar-refractivity contribution in [3.63, 3.8) is 0 Å². The van der Waals surface area contributed by atoms with Gasteiger partial charge >= 0.3 is 0 Å². The van der Waals surface area contributed by atoms with Crippen LogP contribution >= 0.6 is 12.4 Å². The molecule has 4 aliphatic rings. The number of fused-ring (bicyclic) bond motifs is 2. The van der Waals surface area contributed by atoms with E-state index >= 15 is 0 Å². The molecule has 1 amide bonds. The molecule has 1 saturated heterocycles. The number of hydrogen-bond acceptors (Lipinski definition) is 5. The van der Waals surface area contributed by atoms with Crippen molar-refractivity contribution in [1.82, 2.24) is 10.6 Å². The molecule has 0 unspecified atom stereocenters. The van der Waals surface area contributed by atoms with Gasteiger partial charge in [-0.15, -0.1) is 12.4 Å². The number of halogens is 1. The summed E-state index contributed by atoms with van der Waals surface area (Å²) in [4.78, 5) is 25.6. The molecule has 1 aromatic rings. The molecule has 0 radical (unpaired) electrons. The fraction of sp³-hybridized carbons (Fsp3) is 0.727. The van der Waals surface area contributed by atoms with Gasteiger partial charge < -0.3 is 19.8 Å². The van der Waals surface area contributed by atoms with Gasteiger partial charge in [0.15, 0.2) is 5.78 Å². The van der Waals surface area contributed by atoms with Crippen molar-refractivity contribution < 1.29 is 18.7 Å². The molecule has 2 N–H and O–H groups in total. The van der Waals surface area contributed by atoms with Crippen LogP contribution < -0.4 is 10.6 Å². The first kappa shape index (κ1) is 20.9. The number of carbonyl (C=O) groups is 2. The zero-order valence-corrected chi connectivity index (χ0v) is 17.8. The van der Waals surface area contributed by atoms with Crippen molar-refractivity contribution in [2.45, 2.75) is 64.0 Å². The molecule has 4 atom stereocenters. The number of rotatable bonds is 5. The Morgan fingerprint density at radius 2 is 1.97 bits per heavy atom. The predicted octanol–water partition coefficient (Wildman–Crippen LogP) is 3.05. The second-order valence-corrected chi connectivity index (χ2v) is 9.15. The van der Waals surface area contributed by atoms with Gasteiger partial charge in [0.1, 0.15) is 11.5 Å². The largest absolute Gasteiger partial charge is 0.465 e. The zero-order valence-electron chi connectivity index (χ0n) is 17.0. The van der Waals surface area contributed by atoms with Gasteiger partial charge in [-0.2, -0.15) is 0 Å². The average molecular weight is 423 g/mol. The number of nitrogens with one attached hydrogen (secondary N) is 2. The molecule has 160 valence electrons. The summed E-state index contributed by atoms with van der Waals surface area (Å²) in [7, 11) is 0. The fourth-order valence-electron chi connectivity index (χ4n) is 5.28. The van der Waals surface area contributed by atoms with Crippen LogP contribution in [-0.2, 0) is 11.2 Å². The van der Waals surface area contributed by atoms with Crippen molar-refractivity contribution >= 4 is 24.1 Å². The third-order valence-corrected chi connectivity index (χ3v) is 7.05. The van der Waals surface area contributed by atoms with Crippen LogP contribution in [0.1, 0.15) is 70.8 Å². The van der Waals surface area contributed by atoms with E-state index in [4.69, 9.17) is 9.15 Å². The van der Waals surface area contributed by atoms with Gasteiger partial charge in [0.05, 0.1) is 23.3 Å². The molecular formula is C22H31ClN2O4. The van der Waals surface area contributed by atoms with Crippen LogP contribution in [-0.4, -0.2) is 43.5 Å². The maximum absolute atomic E-state index is 13.2. The Labute approximate surface area is 177 Å². The first-order valence-corrected chi connectivity index (χ1v) is 10.9. The van der Waals surface area contributed by atoms with E-state index in [9.17, 15) is 9.59 Å². The Morgan fingerprint density at radius 3 is 2.72 bits per heavy atom. The van der Waals surface area contributed by atoms with E-state index < -0.39 is 0 Å². The van der Waals surface area contributed by atoms with Crippen LogP contribution in [0, 0.1) is 24.7 Å². The third kappa shape index (κ3) is 4.12. The van der Waals surface area contributed by atoms with Gasteiger partial charge in [-0.3, -0.25) is 9.59 Å². The number of ether oxygens (including phenoxy) is 1. The summed E-state index contributed by atoms with van der Waals surface area (Å²) in [6.07, 6.45) is 6.56. The Kier molecular flexibility index (Phi) is 6.05. The van der Waals surface area contributed by atoms with E-state index in [-0.39, 0.29) is 36.2 Å². The van der Waals surface area contributed by atoms with Crippen LogP contribution in [0.2, 0.25) is 0 Å². The van der Waals surface area contributed by atoms with Crippen LogP contribution in [0.3, 0.4) is 0 Å². The molecule has 3 fully saturated rings. The summed E-state index contributed by atoms with van der Waals surface area (Å²) < 4.78 is 12.1. The van der Waals surface area contributed by atoms with Crippen molar-refractivity contribution in [1.29, 1.82) is 0 Å². The number of furan rings is 1. The summed E-state index contributed by atoms with van der Waals surface area (Å²) in [5.41, 5.74) is 0.972. The minimum Gasteiger partial charge on any atom is -0.465 e. The molecular weight excluding hydrogens is 392 g/mol. The number of ketones is 1. The summed E-state index contributed by atoms with van der Waals surface area (Å²) >= 11 is 0. The molecule has 1 aromatic heterocycles. The summed E-state index contributed by atoms with van der Waals surface area (Å²) in [6.45, 7) is 4.67. The molecule has 0 bridgehead atoms. The summed E-state index contributed by atoms with van der Waals surface area (Å²) in [5.74, 6) is 3.04. The second kappa shape index (κ2) is 8.40. The highest BCUT2D eigenvalue weighted by molar-refractivity contribution is 6.10. The van der Waals surface area contributed by atoms with Crippen molar-refractivity contribution in [3.05, 3.63) is 22.6 Å². The lowest BCUT2D eigenvalue weighted by atomic mass is 9.77. The standard InChI is InChI=1S/C22H30N2O4.ClH/c1-12-20(21-17(25)3-2-4-18(21)28-12)22(26)24-16-7-14-9-23-10-15(14)8-19(16)27-11-13-5-6-13;/h13-16,19,23H,2-11H2,1H3,(H,24,26);1H/t14-,15+,16-,19-;/m0./s1. The van der Waals surface area contributed by atoms with E-state index in [2.05, 4.69) is 10.6 Å². The number of aryl methyl sites for hydroxylation is 2. The molecule has 3 aliphatic carbocycles. The quantitative estimate of drug-likeness (QED) is 0.762. The number of Topliss-reactive ketones (excluding diaryl/α,β-unsaturated/α-hetero) is 1. The Hall–Kier alpha value is -1.37. The van der Waals surface area contributed by atoms with Gasteiger partial charge in [0.2, 0.25) is 0 Å². The first-order valence-electron chi connectivity index (χ1n) is 10.9. The van der Waals surface area contributed by atoms with Gasteiger partial charge in [-0.1, -0.05) is 0 Å². The minimum atomic E-state index is -0.174. The van der Waals surface area contributed by atoms with Crippen molar-refractivity contribution in [3.8, 4) is 0 Å². The molecule has 5 rings (SSSR count). The zero-order chi connectivity index (χ0) is 19.3. The van der Waals surface area contributed by atoms with Gasteiger partial charge in [-0.25, -0.2) is 0 Å². The lowest BCUT2D eigenvalue weighted by Gasteiger charge is -2.38. The number of hydrogen-bond donors (Lipinski definition) is 2. The maximum atomic E-state index is 13.2. The van der Waals surface area contributed by atoms with Gasteiger partial charge in [0.25, 0.3) is 5.91 Å². The Balaban J connectivity index is 0.00000205. The Morgan fingerprint density at radius 1 is 1.21 bits per heavy atom. The summed E-state index contributed by atoms with van der Waals surface area (Å²) in [6, 6.07) is -0.00366. The molecule has 0 spiro atoms. The molecule has 0 aromatic carbocycles. The minimum absolute atomic E-state index is 0. The van der Waals surface area contributed by atoms with E-state index in [1.165, 1.54) is 12.8 Å². The normalized spacial score (nSPS) is 31.0. The lowest BCUT2D eigenvalue weighted by molar-refractivity contribution is -0.0211. The predicted molar refractivity (Wildman–Crippen MR) is 111 cm³/mol. The summed E-state index contributed by atoms with van der Waals surface area (Å²) in [5, 5.41) is 6.73. The molecule has 29 heavy (non-hydrogen) atoms. The van der Waals surface area contributed by atoms with E-state index in [0.717, 1.165) is 45.4 Å². The molecule has 6 nitrogen and oxygen atoms in total. The van der Waals surface area contributed by atoms with E-state index in [1.807, 2.05) is 0 Å². The van der Waals surface area contributed by atoms with E-state index in [1.54, 1.807) is 6.92 Å². The van der Waals surface area contributed by atoms with Gasteiger partial charge in [0, 0.05) is 19.4 Å². The number of amides is 1. The van der Waals surface area contributed by atoms with Crippen LogP contribution in [0.15, 0.2) is 4.42 Å². The van der Waals surface area contributed by atoms with Crippen LogP contribution in [0.4, 0.5) is 0 Å². The van der Waals surface area contributed by atoms with Crippen molar-refractivity contribution in [2.75, 3.05) is 19.7 Å². The molecule has 7 heteroatoms. The maximum Gasteiger partial charge on any atom is 0.255 e. The van der Waals surface area contributed by atoms with Gasteiger partial charge in [-0.05, 0) is 69.9 Å². The molecule has 2 saturated carbocycles. The number of carbonyl (C=O) groups excluding carboxylic acids is 2. The first-order chi connectivity index (χ1) is 13.6. The van der Waals surface area contributed by atoms with Crippen LogP contribution in [0.5, 0.6) is 0 Å².